The summed E-state index contributed by atoms with van der Waals surface area (Å²) in [6, 6.07) is 11.3. The summed E-state index contributed by atoms with van der Waals surface area (Å²) in [6.45, 7) is 5.29. The van der Waals surface area contributed by atoms with Gasteiger partial charge in [-0.25, -0.2) is 4.68 Å². The molecule has 28 heavy (non-hydrogen) atoms. The summed E-state index contributed by atoms with van der Waals surface area (Å²) in [7, 11) is 0. The summed E-state index contributed by atoms with van der Waals surface area (Å²) in [5.41, 5.74) is 2.47. The number of furan rings is 1. The van der Waals surface area contributed by atoms with E-state index in [4.69, 9.17) is 4.42 Å². The minimum absolute atomic E-state index is 0.0495. The molecule has 0 atom stereocenters. The summed E-state index contributed by atoms with van der Waals surface area (Å²) < 4.78 is 6.87. The average Bonchev–Trinajstić information content (AvgIpc) is 3.25. The Labute approximate surface area is 160 Å². The molecule has 0 N–H and O–H groups in total. The highest BCUT2D eigenvalue weighted by molar-refractivity contribution is 6.02. The maximum absolute atomic E-state index is 12.6. The summed E-state index contributed by atoms with van der Waals surface area (Å²) in [6.07, 6.45) is 1.33. The first-order valence-electron chi connectivity index (χ1n) is 8.35. The third kappa shape index (κ3) is 3.59. The molecule has 8 nitrogen and oxygen atoms in total. The molecule has 0 fully saturated rings. The van der Waals surface area contributed by atoms with Crippen LogP contribution in [0.15, 0.2) is 46.4 Å². The molecule has 0 radical (unpaired) electrons. The molecule has 0 amide bonds. The molecule has 3 aromatic rings. The molecule has 1 aromatic carbocycles. The number of aryl methyl sites for hydroxylation is 3. The molecule has 8 heteroatoms. The van der Waals surface area contributed by atoms with Gasteiger partial charge in [0.1, 0.15) is 23.2 Å². The van der Waals surface area contributed by atoms with Crippen molar-refractivity contribution in [2.24, 2.45) is 0 Å². The first-order valence-corrected chi connectivity index (χ1v) is 8.35. The van der Waals surface area contributed by atoms with E-state index in [-0.39, 0.29) is 17.0 Å². The summed E-state index contributed by atoms with van der Waals surface area (Å²) >= 11 is 0. The molecule has 2 aromatic heterocycles. The normalized spacial score (nSPS) is 11.3. The standard InChI is InChI=1S/C20H16N4O4/c1-12-4-5-16(24(26)27)10-18(12)19-7-6-17(28-19)9-15(11-21)20(25)23-14(3)8-13(2)22-23/h4-10H,1-3H3/b15-9+. The van der Waals surface area contributed by atoms with Gasteiger partial charge in [-0.1, -0.05) is 6.07 Å². The molecular weight excluding hydrogens is 360 g/mol. The van der Waals surface area contributed by atoms with Crippen molar-refractivity contribution >= 4 is 17.7 Å². The van der Waals surface area contributed by atoms with E-state index in [1.807, 2.05) is 13.0 Å². The van der Waals surface area contributed by atoms with Crippen LogP contribution in [0.5, 0.6) is 0 Å². The molecule has 0 aliphatic heterocycles. The summed E-state index contributed by atoms with van der Waals surface area (Å²) in [5, 5.41) is 24.5. The number of aromatic nitrogens is 2. The molecule has 0 aliphatic rings. The van der Waals surface area contributed by atoms with Gasteiger partial charge in [-0.3, -0.25) is 14.9 Å². The number of nitriles is 1. The average molecular weight is 376 g/mol. The van der Waals surface area contributed by atoms with E-state index in [0.717, 1.165) is 5.56 Å². The number of nitro groups is 1. The zero-order chi connectivity index (χ0) is 20.4. The molecule has 0 saturated heterocycles. The van der Waals surface area contributed by atoms with E-state index in [0.29, 0.717) is 22.7 Å². The zero-order valence-electron chi connectivity index (χ0n) is 15.5. The van der Waals surface area contributed by atoms with Crippen molar-refractivity contribution in [1.29, 1.82) is 5.26 Å². The number of carbonyl (C=O) groups excluding carboxylic acids is 1. The number of nitro benzene ring substituents is 1. The monoisotopic (exact) mass is 376 g/mol. The van der Waals surface area contributed by atoms with Gasteiger partial charge in [0, 0.05) is 29.5 Å². The third-order valence-electron chi connectivity index (χ3n) is 4.16. The quantitative estimate of drug-likeness (QED) is 0.291. The van der Waals surface area contributed by atoms with Crippen LogP contribution in [0.25, 0.3) is 17.4 Å². The fraction of sp³-hybridized carbons (Fsp3) is 0.150. The van der Waals surface area contributed by atoms with Gasteiger partial charge in [0.2, 0.25) is 0 Å². The van der Waals surface area contributed by atoms with Crippen molar-refractivity contribution in [3.63, 3.8) is 0 Å². The zero-order valence-corrected chi connectivity index (χ0v) is 15.5. The van der Waals surface area contributed by atoms with Gasteiger partial charge in [-0.2, -0.15) is 10.4 Å². The van der Waals surface area contributed by atoms with E-state index >= 15 is 0 Å². The van der Waals surface area contributed by atoms with E-state index in [1.54, 1.807) is 38.1 Å². The number of carbonyl (C=O) groups is 1. The van der Waals surface area contributed by atoms with Gasteiger partial charge >= 0.3 is 0 Å². The van der Waals surface area contributed by atoms with E-state index < -0.39 is 10.8 Å². The van der Waals surface area contributed by atoms with Crippen molar-refractivity contribution in [2.75, 3.05) is 0 Å². The van der Waals surface area contributed by atoms with Crippen LogP contribution in [-0.4, -0.2) is 20.6 Å². The van der Waals surface area contributed by atoms with Gasteiger partial charge in [-0.05, 0) is 44.5 Å². The largest absolute Gasteiger partial charge is 0.457 e. The predicted molar refractivity (Wildman–Crippen MR) is 101 cm³/mol. The Morgan fingerprint density at radius 2 is 2.00 bits per heavy atom. The Morgan fingerprint density at radius 1 is 1.25 bits per heavy atom. The maximum Gasteiger partial charge on any atom is 0.289 e. The second-order valence-electron chi connectivity index (χ2n) is 6.27. The first-order chi connectivity index (χ1) is 13.3. The fourth-order valence-corrected chi connectivity index (χ4v) is 2.80. The molecule has 0 spiro atoms. The van der Waals surface area contributed by atoms with Crippen molar-refractivity contribution in [1.82, 2.24) is 9.78 Å². The number of rotatable bonds is 4. The Hall–Kier alpha value is -3.99. The van der Waals surface area contributed by atoms with E-state index in [9.17, 15) is 20.2 Å². The molecule has 3 rings (SSSR count). The number of nitrogens with zero attached hydrogens (tertiary/aromatic N) is 4. The van der Waals surface area contributed by atoms with Crippen LogP contribution in [0.1, 0.15) is 27.5 Å². The fourth-order valence-electron chi connectivity index (χ4n) is 2.80. The van der Waals surface area contributed by atoms with E-state index in [1.165, 1.54) is 22.9 Å². The predicted octanol–water partition coefficient (Wildman–Crippen LogP) is 4.22. The molecule has 0 saturated carbocycles. The van der Waals surface area contributed by atoms with Crippen LogP contribution in [0, 0.1) is 42.2 Å². The van der Waals surface area contributed by atoms with Crippen molar-refractivity contribution in [3.8, 4) is 17.4 Å². The molecule has 0 aliphatic carbocycles. The molecule has 140 valence electrons. The topological polar surface area (TPSA) is 115 Å². The Balaban J connectivity index is 1.96. The van der Waals surface area contributed by atoms with Crippen molar-refractivity contribution in [3.05, 3.63) is 74.8 Å². The van der Waals surface area contributed by atoms with Gasteiger partial charge in [0.25, 0.3) is 11.6 Å². The highest BCUT2D eigenvalue weighted by Crippen LogP contribution is 2.29. The van der Waals surface area contributed by atoms with E-state index in [2.05, 4.69) is 5.10 Å². The van der Waals surface area contributed by atoms with Crippen molar-refractivity contribution in [2.45, 2.75) is 20.8 Å². The third-order valence-corrected chi connectivity index (χ3v) is 4.16. The smallest absolute Gasteiger partial charge is 0.289 e. The van der Waals surface area contributed by atoms with Gasteiger partial charge < -0.3 is 4.42 Å². The lowest BCUT2D eigenvalue weighted by atomic mass is 10.1. The number of non-ortho nitro benzene ring substituents is 1. The van der Waals surface area contributed by atoms with Crippen LogP contribution in [0.3, 0.4) is 0 Å². The molecule has 2 heterocycles. The second kappa shape index (κ2) is 7.32. The molecule has 0 unspecified atom stereocenters. The number of hydrogen-bond acceptors (Lipinski definition) is 6. The highest BCUT2D eigenvalue weighted by Gasteiger charge is 2.17. The highest BCUT2D eigenvalue weighted by atomic mass is 16.6. The number of hydrogen-bond donors (Lipinski definition) is 0. The minimum atomic E-state index is -0.558. The Kier molecular flexibility index (Phi) is 4.92. The van der Waals surface area contributed by atoms with Gasteiger partial charge in [0.15, 0.2) is 0 Å². The van der Waals surface area contributed by atoms with Crippen molar-refractivity contribution < 1.29 is 14.1 Å². The van der Waals surface area contributed by atoms with Crippen LogP contribution in [-0.2, 0) is 0 Å². The maximum atomic E-state index is 12.6. The van der Waals surface area contributed by atoms with Gasteiger partial charge in [-0.15, -0.1) is 0 Å². The molecular formula is C20H16N4O4. The lowest BCUT2D eigenvalue weighted by Crippen LogP contribution is -2.15. The van der Waals surface area contributed by atoms with Crippen LogP contribution < -0.4 is 0 Å². The Morgan fingerprint density at radius 3 is 2.61 bits per heavy atom. The summed E-state index contributed by atoms with van der Waals surface area (Å²) in [5.74, 6) is 0.133. The summed E-state index contributed by atoms with van der Waals surface area (Å²) in [4.78, 5) is 23.1. The van der Waals surface area contributed by atoms with Crippen LogP contribution >= 0.6 is 0 Å². The minimum Gasteiger partial charge on any atom is -0.457 e. The first kappa shape index (κ1) is 18.8. The SMILES string of the molecule is Cc1cc(C)n(C(=O)/C(C#N)=C/c2ccc(-c3cc([N+](=O)[O-])ccc3C)o2)n1. The lowest BCUT2D eigenvalue weighted by Gasteiger charge is -2.02. The molecule has 0 bridgehead atoms. The number of allylic oxidation sites excluding steroid dienone is 1. The number of benzene rings is 1. The van der Waals surface area contributed by atoms with Gasteiger partial charge in [0.05, 0.1) is 10.6 Å². The second-order valence-corrected chi connectivity index (χ2v) is 6.27. The van der Waals surface area contributed by atoms with Crippen LogP contribution in [0.2, 0.25) is 0 Å². The van der Waals surface area contributed by atoms with Crippen LogP contribution in [0.4, 0.5) is 5.69 Å². The lowest BCUT2D eigenvalue weighted by molar-refractivity contribution is -0.384. The Bertz CT molecular complexity index is 1160.